The molecule has 0 aliphatic carbocycles. The first kappa shape index (κ1) is 25.0. The zero-order valence-corrected chi connectivity index (χ0v) is 19.8. The van der Waals surface area contributed by atoms with E-state index in [1.807, 2.05) is 37.3 Å². The zero-order valence-electron chi connectivity index (χ0n) is 18.2. The number of alkyl halides is 1. The van der Waals surface area contributed by atoms with E-state index in [0.717, 1.165) is 12.5 Å². The highest BCUT2D eigenvalue weighted by molar-refractivity contribution is 7.98. The van der Waals surface area contributed by atoms with E-state index in [2.05, 4.69) is 0 Å². The SMILES string of the molecule is CCCC[C@H]1CN(c2ccccc2)c2cc(SC)c(O/C=C(\F)C(=O)O)cc2S(=O)(=O)[C@@H]1F. The Morgan fingerprint density at radius 2 is 2.00 bits per heavy atom. The van der Waals surface area contributed by atoms with Crippen LogP contribution in [0.15, 0.2) is 64.3 Å². The Morgan fingerprint density at radius 1 is 1.30 bits per heavy atom. The van der Waals surface area contributed by atoms with Crippen LogP contribution in [0, 0.1) is 5.92 Å². The number of sulfone groups is 1. The standard InChI is InChI=1S/C23H25F2NO5S2/c1-3-4-8-15-13-26(16-9-6-5-7-10-16)18-11-20(32-2)19(31-14-17(24)23(27)28)12-21(18)33(29,30)22(15)25/h5-7,9-12,14-15,22H,3-4,8,13H2,1-2H3,(H,27,28)/b17-14-/t15-,22-/m0/s1. The molecule has 33 heavy (non-hydrogen) atoms. The monoisotopic (exact) mass is 497 g/mol. The minimum Gasteiger partial charge on any atom is -0.476 e. The van der Waals surface area contributed by atoms with E-state index in [4.69, 9.17) is 9.84 Å². The van der Waals surface area contributed by atoms with Gasteiger partial charge in [0.05, 0.1) is 15.5 Å². The minimum atomic E-state index is -4.41. The maximum atomic E-state index is 15.5. The van der Waals surface area contributed by atoms with E-state index in [1.165, 1.54) is 11.8 Å². The van der Waals surface area contributed by atoms with Crippen molar-refractivity contribution >= 4 is 38.9 Å². The van der Waals surface area contributed by atoms with Crippen molar-refractivity contribution in [2.75, 3.05) is 17.7 Å². The molecule has 0 spiro atoms. The molecule has 0 unspecified atom stereocenters. The average molecular weight is 498 g/mol. The first-order valence-electron chi connectivity index (χ1n) is 10.4. The molecule has 1 N–H and O–H groups in total. The number of nitrogens with zero attached hydrogens (tertiary/aromatic N) is 1. The van der Waals surface area contributed by atoms with Gasteiger partial charge in [0.15, 0.2) is 0 Å². The van der Waals surface area contributed by atoms with Gasteiger partial charge < -0.3 is 14.7 Å². The molecule has 178 valence electrons. The fraction of sp³-hybridized carbons (Fsp3) is 0.348. The normalized spacial score (nSPS) is 20.1. The fourth-order valence-electron chi connectivity index (χ4n) is 3.72. The van der Waals surface area contributed by atoms with Gasteiger partial charge in [-0.1, -0.05) is 38.0 Å². The third-order valence-electron chi connectivity index (χ3n) is 5.42. The van der Waals surface area contributed by atoms with Crippen LogP contribution in [0.1, 0.15) is 26.2 Å². The number of thioether (sulfide) groups is 1. The lowest BCUT2D eigenvalue weighted by Gasteiger charge is -2.28. The Balaban J connectivity index is 2.21. The highest BCUT2D eigenvalue weighted by Gasteiger charge is 2.42. The molecular weight excluding hydrogens is 472 g/mol. The summed E-state index contributed by atoms with van der Waals surface area (Å²) < 4.78 is 60.8. The zero-order chi connectivity index (χ0) is 24.2. The molecule has 0 bridgehead atoms. The number of aliphatic carboxylic acids is 1. The molecule has 2 aromatic carbocycles. The van der Waals surface area contributed by atoms with Crippen molar-refractivity contribution in [2.24, 2.45) is 5.92 Å². The molecule has 0 saturated carbocycles. The number of carboxylic acids is 1. The van der Waals surface area contributed by atoms with Crippen LogP contribution in [0.5, 0.6) is 5.75 Å². The summed E-state index contributed by atoms with van der Waals surface area (Å²) in [4.78, 5) is 12.7. The highest BCUT2D eigenvalue weighted by Crippen LogP contribution is 2.45. The van der Waals surface area contributed by atoms with Gasteiger partial charge in [0.1, 0.15) is 12.0 Å². The van der Waals surface area contributed by atoms with Gasteiger partial charge >= 0.3 is 5.97 Å². The number of benzene rings is 2. The minimum absolute atomic E-state index is 0.0755. The molecular formula is C23H25F2NO5S2. The molecule has 2 atom stereocenters. The Hall–Kier alpha value is -2.59. The van der Waals surface area contributed by atoms with Crippen molar-refractivity contribution < 1.29 is 31.8 Å². The van der Waals surface area contributed by atoms with E-state index in [1.54, 1.807) is 17.2 Å². The molecule has 0 amide bonds. The molecule has 1 aliphatic rings. The first-order valence-corrected chi connectivity index (χ1v) is 13.2. The Kier molecular flexibility index (Phi) is 8.01. The largest absolute Gasteiger partial charge is 0.476 e. The summed E-state index contributed by atoms with van der Waals surface area (Å²) in [5.41, 5.74) is -1.12. The lowest BCUT2D eigenvalue weighted by Crippen LogP contribution is -2.31. The van der Waals surface area contributed by atoms with E-state index in [-0.39, 0.29) is 17.2 Å². The third-order valence-corrected chi connectivity index (χ3v) is 8.09. The third kappa shape index (κ3) is 5.33. The van der Waals surface area contributed by atoms with Crippen molar-refractivity contribution in [3.8, 4) is 5.75 Å². The molecule has 0 radical (unpaired) electrons. The van der Waals surface area contributed by atoms with Crippen molar-refractivity contribution in [3.05, 3.63) is 54.6 Å². The van der Waals surface area contributed by atoms with Gasteiger partial charge in [0.2, 0.25) is 21.2 Å². The number of ether oxygens (including phenoxy) is 1. The molecule has 1 aliphatic heterocycles. The maximum Gasteiger partial charge on any atom is 0.368 e. The molecule has 0 aromatic heterocycles. The van der Waals surface area contributed by atoms with Crippen LogP contribution in [0.3, 0.4) is 0 Å². The van der Waals surface area contributed by atoms with Crippen molar-refractivity contribution in [1.82, 2.24) is 0 Å². The van der Waals surface area contributed by atoms with Gasteiger partial charge in [0.25, 0.3) is 0 Å². The summed E-state index contributed by atoms with van der Waals surface area (Å²) in [6, 6.07) is 11.8. The summed E-state index contributed by atoms with van der Waals surface area (Å²) in [6.45, 7) is 2.12. The summed E-state index contributed by atoms with van der Waals surface area (Å²) >= 11 is 1.21. The van der Waals surface area contributed by atoms with Crippen LogP contribution < -0.4 is 9.64 Å². The molecule has 3 rings (SSSR count). The van der Waals surface area contributed by atoms with Crippen LogP contribution in [0.4, 0.5) is 20.2 Å². The number of carbonyl (C=O) groups is 1. The van der Waals surface area contributed by atoms with E-state index in [9.17, 15) is 17.6 Å². The van der Waals surface area contributed by atoms with Crippen molar-refractivity contribution in [3.63, 3.8) is 0 Å². The van der Waals surface area contributed by atoms with E-state index in [0.29, 0.717) is 35.4 Å². The number of carboxylic acid groups (broad SMARTS) is 1. The van der Waals surface area contributed by atoms with Crippen LogP contribution in [-0.2, 0) is 14.6 Å². The van der Waals surface area contributed by atoms with Crippen molar-refractivity contribution in [1.29, 1.82) is 0 Å². The predicted molar refractivity (Wildman–Crippen MR) is 124 cm³/mol. The van der Waals surface area contributed by atoms with Gasteiger partial charge in [-0.25, -0.2) is 17.6 Å². The quantitative estimate of drug-likeness (QED) is 0.284. The topological polar surface area (TPSA) is 83.9 Å². The number of hydrogen-bond acceptors (Lipinski definition) is 6. The predicted octanol–water partition coefficient (Wildman–Crippen LogP) is 5.71. The van der Waals surface area contributed by atoms with Gasteiger partial charge in [-0.3, -0.25) is 0 Å². The lowest BCUT2D eigenvalue weighted by molar-refractivity contribution is -0.134. The molecule has 6 nitrogen and oxygen atoms in total. The number of rotatable bonds is 8. The van der Waals surface area contributed by atoms with Gasteiger partial charge in [-0.15, -0.1) is 11.8 Å². The summed E-state index contributed by atoms with van der Waals surface area (Å²) in [5.74, 6) is -4.20. The fourth-order valence-corrected chi connectivity index (χ4v) is 5.96. The number of unbranched alkanes of at least 4 members (excludes halogenated alkanes) is 1. The lowest BCUT2D eigenvalue weighted by atomic mass is 10.0. The maximum absolute atomic E-state index is 15.5. The smallest absolute Gasteiger partial charge is 0.368 e. The first-order chi connectivity index (χ1) is 15.7. The number of para-hydroxylation sites is 1. The van der Waals surface area contributed by atoms with Crippen LogP contribution >= 0.6 is 11.8 Å². The number of fused-ring (bicyclic) bond motifs is 1. The van der Waals surface area contributed by atoms with E-state index >= 15 is 4.39 Å². The van der Waals surface area contributed by atoms with Crippen LogP contribution in [0.25, 0.3) is 0 Å². The molecule has 2 aromatic rings. The van der Waals surface area contributed by atoms with Gasteiger partial charge in [-0.05, 0) is 30.9 Å². The Bertz CT molecular complexity index is 1140. The average Bonchev–Trinajstić information content (AvgIpc) is 2.89. The second-order valence-electron chi connectivity index (χ2n) is 7.60. The number of hydrogen-bond donors (Lipinski definition) is 1. The second kappa shape index (κ2) is 10.6. The molecule has 0 saturated heterocycles. The van der Waals surface area contributed by atoms with Crippen molar-refractivity contribution in [2.45, 2.75) is 41.5 Å². The number of halogens is 2. The second-order valence-corrected chi connectivity index (χ2v) is 10.4. The summed E-state index contributed by atoms with van der Waals surface area (Å²) in [7, 11) is -4.41. The highest BCUT2D eigenvalue weighted by atomic mass is 32.2. The van der Waals surface area contributed by atoms with Crippen LogP contribution in [-0.4, -0.2) is 37.8 Å². The van der Waals surface area contributed by atoms with Gasteiger partial charge in [-0.2, -0.15) is 4.39 Å². The molecule has 0 fully saturated rings. The van der Waals surface area contributed by atoms with Crippen LogP contribution in [0.2, 0.25) is 0 Å². The van der Waals surface area contributed by atoms with E-state index < -0.39 is 33.1 Å². The summed E-state index contributed by atoms with van der Waals surface area (Å²) in [5, 5.41) is 8.71. The number of anilines is 2. The Morgan fingerprint density at radius 3 is 2.61 bits per heavy atom. The van der Waals surface area contributed by atoms with Gasteiger partial charge in [0, 0.05) is 24.2 Å². The summed E-state index contributed by atoms with van der Waals surface area (Å²) in [6.07, 6.45) is 3.99. The molecule has 10 heteroatoms. The Labute approximate surface area is 196 Å². The molecule has 1 heterocycles.